The molecule has 0 bridgehead atoms. The smallest absolute Gasteiger partial charge is 0.224 e. The van der Waals surface area contributed by atoms with E-state index < -0.39 is 0 Å². The summed E-state index contributed by atoms with van der Waals surface area (Å²) >= 11 is 0. The van der Waals surface area contributed by atoms with Gasteiger partial charge in [0.2, 0.25) is 5.91 Å². The van der Waals surface area contributed by atoms with Crippen LogP contribution in [0.2, 0.25) is 0 Å². The summed E-state index contributed by atoms with van der Waals surface area (Å²) in [5.74, 6) is 1.79. The van der Waals surface area contributed by atoms with E-state index in [0.29, 0.717) is 11.3 Å². The van der Waals surface area contributed by atoms with Crippen LogP contribution in [-0.2, 0) is 4.79 Å². The van der Waals surface area contributed by atoms with E-state index in [9.17, 15) is 4.79 Å². The highest BCUT2D eigenvalue weighted by atomic mass is 35.5. The highest BCUT2D eigenvalue weighted by Crippen LogP contribution is 2.39. The first kappa shape index (κ1) is 19.7. The molecule has 120 valence electrons. The molecule has 1 atom stereocenters. The van der Waals surface area contributed by atoms with Gasteiger partial charge in [0, 0.05) is 19.0 Å². The third kappa shape index (κ3) is 6.45. The molecule has 1 aliphatic rings. The molecular weight excluding hydrogens is 272 g/mol. The Labute approximate surface area is 131 Å². The zero-order valence-corrected chi connectivity index (χ0v) is 14.6. The average Bonchev–Trinajstić information content (AvgIpc) is 2.35. The molecule has 1 unspecified atom stereocenters. The second-order valence-corrected chi connectivity index (χ2v) is 7.29. The molecule has 0 saturated heterocycles. The molecule has 1 amide bonds. The minimum atomic E-state index is 0. The van der Waals surface area contributed by atoms with Gasteiger partial charge in [-0.05, 0) is 50.0 Å². The maximum atomic E-state index is 11.8. The fourth-order valence-electron chi connectivity index (χ4n) is 3.05. The Balaban J connectivity index is 0.00000361. The van der Waals surface area contributed by atoms with Crippen LogP contribution in [0.15, 0.2) is 0 Å². The molecule has 0 aromatic carbocycles. The summed E-state index contributed by atoms with van der Waals surface area (Å²) in [5, 5.41) is 6.16. The Kier molecular flexibility index (Phi) is 8.76. The van der Waals surface area contributed by atoms with Crippen molar-refractivity contribution in [1.82, 2.24) is 10.6 Å². The number of carbonyl (C=O) groups excluding carboxylic acids is 1. The summed E-state index contributed by atoms with van der Waals surface area (Å²) in [6.45, 7) is 10.6. The first-order valence-electron chi connectivity index (χ1n) is 7.77. The van der Waals surface area contributed by atoms with Crippen molar-refractivity contribution in [2.24, 2.45) is 23.2 Å². The van der Waals surface area contributed by atoms with E-state index in [1.807, 2.05) is 14.0 Å². The molecule has 0 aromatic rings. The van der Waals surface area contributed by atoms with Gasteiger partial charge in [0.05, 0.1) is 0 Å². The number of carbonyl (C=O) groups is 1. The van der Waals surface area contributed by atoms with Crippen LogP contribution >= 0.6 is 12.4 Å². The van der Waals surface area contributed by atoms with E-state index in [2.05, 4.69) is 31.4 Å². The number of halogens is 1. The number of rotatable bonds is 5. The van der Waals surface area contributed by atoms with Crippen LogP contribution in [0.25, 0.3) is 0 Å². The lowest BCUT2D eigenvalue weighted by atomic mass is 9.70. The standard InChI is InChI=1S/C16H32N2O.ClH/c1-12(10-17-5)15(19)18-11-13-6-8-14(9-7-13)16(2,3)4;/h12-14,17H,6-11H2,1-5H3,(H,18,19);1H. The Morgan fingerprint density at radius 2 is 1.75 bits per heavy atom. The molecule has 20 heavy (non-hydrogen) atoms. The summed E-state index contributed by atoms with van der Waals surface area (Å²) in [6.07, 6.45) is 5.16. The summed E-state index contributed by atoms with van der Waals surface area (Å²) < 4.78 is 0. The largest absolute Gasteiger partial charge is 0.356 e. The lowest BCUT2D eigenvalue weighted by Crippen LogP contribution is -2.38. The van der Waals surface area contributed by atoms with E-state index in [1.54, 1.807) is 0 Å². The molecule has 1 fully saturated rings. The van der Waals surface area contributed by atoms with Crippen LogP contribution in [0.5, 0.6) is 0 Å². The Bertz CT molecular complexity index is 281. The molecule has 2 N–H and O–H groups in total. The molecule has 1 saturated carbocycles. The van der Waals surface area contributed by atoms with Crippen LogP contribution in [0, 0.1) is 23.2 Å². The molecule has 1 rings (SSSR count). The van der Waals surface area contributed by atoms with Crippen molar-refractivity contribution in [1.29, 1.82) is 0 Å². The molecule has 4 heteroatoms. The molecule has 1 aliphatic carbocycles. The fraction of sp³-hybridized carbons (Fsp3) is 0.938. The van der Waals surface area contributed by atoms with Crippen molar-refractivity contribution < 1.29 is 4.79 Å². The SMILES string of the molecule is CNCC(C)C(=O)NCC1CCC(C(C)(C)C)CC1.Cl. The first-order chi connectivity index (χ1) is 8.84. The van der Waals surface area contributed by atoms with Crippen molar-refractivity contribution >= 4 is 18.3 Å². The molecule has 0 heterocycles. The molecule has 0 aromatic heterocycles. The highest BCUT2D eigenvalue weighted by Gasteiger charge is 2.29. The number of amides is 1. The summed E-state index contributed by atoms with van der Waals surface area (Å²) in [7, 11) is 1.89. The van der Waals surface area contributed by atoms with Crippen molar-refractivity contribution in [3.05, 3.63) is 0 Å². The molecular formula is C16H33ClN2O. The monoisotopic (exact) mass is 304 g/mol. The van der Waals surface area contributed by atoms with E-state index in [0.717, 1.165) is 19.0 Å². The van der Waals surface area contributed by atoms with Crippen LogP contribution in [-0.4, -0.2) is 26.0 Å². The summed E-state index contributed by atoms with van der Waals surface area (Å²) in [6, 6.07) is 0. The van der Waals surface area contributed by atoms with Crippen LogP contribution in [0.4, 0.5) is 0 Å². The summed E-state index contributed by atoms with van der Waals surface area (Å²) in [4.78, 5) is 11.8. The van der Waals surface area contributed by atoms with Crippen molar-refractivity contribution in [2.45, 2.75) is 53.4 Å². The zero-order valence-electron chi connectivity index (χ0n) is 13.8. The number of hydrogen-bond donors (Lipinski definition) is 2. The average molecular weight is 305 g/mol. The normalized spacial score (nSPS) is 24.6. The van der Waals surface area contributed by atoms with Gasteiger partial charge in [-0.15, -0.1) is 12.4 Å². The van der Waals surface area contributed by atoms with Gasteiger partial charge in [-0.3, -0.25) is 4.79 Å². The van der Waals surface area contributed by atoms with Crippen molar-refractivity contribution in [3.63, 3.8) is 0 Å². The Morgan fingerprint density at radius 3 is 2.20 bits per heavy atom. The van der Waals surface area contributed by atoms with Crippen LogP contribution in [0.3, 0.4) is 0 Å². The van der Waals surface area contributed by atoms with Gasteiger partial charge in [-0.1, -0.05) is 27.7 Å². The van der Waals surface area contributed by atoms with Crippen LogP contribution in [0.1, 0.15) is 53.4 Å². The quantitative estimate of drug-likeness (QED) is 0.819. The van der Waals surface area contributed by atoms with E-state index >= 15 is 0 Å². The lowest BCUT2D eigenvalue weighted by Gasteiger charge is -2.37. The van der Waals surface area contributed by atoms with E-state index in [4.69, 9.17) is 0 Å². The van der Waals surface area contributed by atoms with Crippen molar-refractivity contribution in [2.75, 3.05) is 20.1 Å². The topological polar surface area (TPSA) is 41.1 Å². The van der Waals surface area contributed by atoms with Crippen molar-refractivity contribution in [3.8, 4) is 0 Å². The summed E-state index contributed by atoms with van der Waals surface area (Å²) in [5.41, 5.74) is 0.440. The predicted octanol–water partition coefficient (Wildman–Crippen LogP) is 3.23. The van der Waals surface area contributed by atoms with Gasteiger partial charge in [-0.2, -0.15) is 0 Å². The molecule has 0 spiro atoms. The van der Waals surface area contributed by atoms with Gasteiger partial charge in [0.25, 0.3) is 0 Å². The van der Waals surface area contributed by atoms with Gasteiger partial charge in [-0.25, -0.2) is 0 Å². The second-order valence-electron chi connectivity index (χ2n) is 7.29. The lowest BCUT2D eigenvalue weighted by molar-refractivity contribution is -0.124. The Hall–Kier alpha value is -0.280. The second kappa shape index (κ2) is 8.89. The zero-order chi connectivity index (χ0) is 14.5. The number of hydrogen-bond acceptors (Lipinski definition) is 2. The van der Waals surface area contributed by atoms with Gasteiger partial charge < -0.3 is 10.6 Å². The van der Waals surface area contributed by atoms with Crippen LogP contribution < -0.4 is 10.6 Å². The fourth-order valence-corrected chi connectivity index (χ4v) is 3.05. The predicted molar refractivity (Wildman–Crippen MR) is 88.3 cm³/mol. The maximum absolute atomic E-state index is 11.8. The van der Waals surface area contributed by atoms with Gasteiger partial charge in [0.15, 0.2) is 0 Å². The number of nitrogens with one attached hydrogen (secondary N) is 2. The van der Waals surface area contributed by atoms with Gasteiger partial charge in [0.1, 0.15) is 0 Å². The maximum Gasteiger partial charge on any atom is 0.224 e. The minimum absolute atomic E-state index is 0. The van der Waals surface area contributed by atoms with E-state index in [1.165, 1.54) is 25.7 Å². The third-order valence-corrected chi connectivity index (χ3v) is 4.59. The first-order valence-corrected chi connectivity index (χ1v) is 7.77. The van der Waals surface area contributed by atoms with E-state index in [-0.39, 0.29) is 24.2 Å². The third-order valence-electron chi connectivity index (χ3n) is 4.59. The van der Waals surface area contributed by atoms with Gasteiger partial charge >= 0.3 is 0 Å². The molecule has 0 radical (unpaired) electrons. The molecule has 0 aliphatic heterocycles. The molecule has 3 nitrogen and oxygen atoms in total. The Morgan fingerprint density at radius 1 is 1.20 bits per heavy atom. The highest BCUT2D eigenvalue weighted by molar-refractivity contribution is 5.85. The minimum Gasteiger partial charge on any atom is -0.356 e.